The van der Waals surface area contributed by atoms with Crippen LogP contribution in [0.4, 0.5) is 0 Å². The summed E-state index contributed by atoms with van der Waals surface area (Å²) in [6, 6.07) is 7.71. The first-order valence-corrected chi connectivity index (χ1v) is 13.8. The van der Waals surface area contributed by atoms with Gasteiger partial charge in [0.25, 0.3) is 15.8 Å². The SMILES string of the molecule is CN(C)S(=O)(=O)N1CCC(c2[nH]n(-c3nc4ccccc4[nH]3)c(=O)c2CCC2CCOCC2)CC1. The average Bonchev–Trinajstić information content (AvgIpc) is 3.44. The smallest absolute Gasteiger partial charge is 0.281 e. The summed E-state index contributed by atoms with van der Waals surface area (Å²) < 4.78 is 34.9. The van der Waals surface area contributed by atoms with Gasteiger partial charge in [-0.3, -0.25) is 9.89 Å². The minimum absolute atomic E-state index is 0.0746. The van der Waals surface area contributed by atoms with Gasteiger partial charge in [0.2, 0.25) is 5.95 Å². The van der Waals surface area contributed by atoms with Gasteiger partial charge < -0.3 is 9.72 Å². The molecule has 3 aromatic rings. The van der Waals surface area contributed by atoms with Crippen LogP contribution in [0, 0.1) is 5.92 Å². The number of benzene rings is 1. The molecule has 10 nitrogen and oxygen atoms in total. The Morgan fingerprint density at radius 2 is 1.83 bits per heavy atom. The maximum Gasteiger partial charge on any atom is 0.281 e. The van der Waals surface area contributed by atoms with Crippen molar-refractivity contribution < 1.29 is 13.2 Å². The minimum atomic E-state index is -3.44. The lowest BCUT2D eigenvalue weighted by Crippen LogP contribution is -2.44. The van der Waals surface area contributed by atoms with Gasteiger partial charge in [0.05, 0.1) is 11.0 Å². The molecule has 0 aliphatic carbocycles. The number of aromatic amines is 2. The number of hydrogen-bond donors (Lipinski definition) is 2. The Kier molecular flexibility index (Phi) is 6.84. The highest BCUT2D eigenvalue weighted by Gasteiger charge is 2.33. The third-order valence-electron chi connectivity index (χ3n) is 7.40. The van der Waals surface area contributed by atoms with Crippen molar-refractivity contribution in [2.75, 3.05) is 40.4 Å². The Labute approximate surface area is 205 Å². The van der Waals surface area contributed by atoms with E-state index < -0.39 is 10.2 Å². The third-order valence-corrected chi connectivity index (χ3v) is 9.34. The second kappa shape index (κ2) is 9.88. The zero-order chi connectivity index (χ0) is 24.6. The summed E-state index contributed by atoms with van der Waals surface area (Å²) in [5.74, 6) is 1.12. The summed E-state index contributed by atoms with van der Waals surface area (Å²) in [5, 5.41) is 3.37. The molecule has 0 amide bonds. The molecule has 0 saturated carbocycles. The number of imidazole rings is 1. The van der Waals surface area contributed by atoms with Crippen LogP contribution in [0.15, 0.2) is 29.1 Å². The van der Waals surface area contributed by atoms with Gasteiger partial charge in [0, 0.05) is 57.6 Å². The highest BCUT2D eigenvalue weighted by Crippen LogP contribution is 2.31. The number of ether oxygens (including phenoxy) is 1. The first-order valence-electron chi connectivity index (χ1n) is 12.4. The van der Waals surface area contributed by atoms with E-state index in [1.54, 1.807) is 14.1 Å². The number of para-hydroxylation sites is 2. The highest BCUT2D eigenvalue weighted by atomic mass is 32.2. The molecule has 11 heteroatoms. The van der Waals surface area contributed by atoms with Crippen LogP contribution in [0.5, 0.6) is 0 Å². The van der Waals surface area contributed by atoms with Crippen LogP contribution >= 0.6 is 0 Å². The molecule has 0 unspecified atom stereocenters. The van der Waals surface area contributed by atoms with Crippen molar-refractivity contribution in [2.45, 2.75) is 44.4 Å². The molecule has 2 saturated heterocycles. The van der Waals surface area contributed by atoms with E-state index in [4.69, 9.17) is 4.74 Å². The average molecular weight is 503 g/mol. The summed E-state index contributed by atoms with van der Waals surface area (Å²) in [5.41, 5.74) is 3.32. The van der Waals surface area contributed by atoms with Crippen LogP contribution in [-0.4, -0.2) is 77.2 Å². The van der Waals surface area contributed by atoms with Crippen molar-refractivity contribution in [3.05, 3.63) is 45.9 Å². The first-order chi connectivity index (χ1) is 16.8. The lowest BCUT2D eigenvalue weighted by molar-refractivity contribution is 0.0640. The number of nitrogens with one attached hydrogen (secondary N) is 2. The molecular weight excluding hydrogens is 468 g/mol. The molecule has 4 heterocycles. The topological polar surface area (TPSA) is 116 Å². The molecule has 190 valence electrons. The molecule has 2 N–H and O–H groups in total. The standard InChI is InChI=1S/C24H34N6O4S/c1-28(2)35(32,33)29-13-9-18(10-14-29)22-19(8-7-17-11-15-34-16-12-17)23(31)30(27-22)24-25-20-5-3-4-6-21(20)26-24/h3-6,17-18,27H,7-16H2,1-2H3,(H,25,26). The Balaban J connectivity index is 1.44. The van der Waals surface area contributed by atoms with Gasteiger partial charge in [-0.25, -0.2) is 4.98 Å². The van der Waals surface area contributed by atoms with Crippen molar-refractivity contribution in [3.63, 3.8) is 0 Å². The van der Waals surface area contributed by atoms with E-state index >= 15 is 0 Å². The zero-order valence-electron chi connectivity index (χ0n) is 20.4. The van der Waals surface area contributed by atoms with E-state index in [0.717, 1.165) is 54.8 Å². The molecule has 1 aromatic carbocycles. The highest BCUT2D eigenvalue weighted by molar-refractivity contribution is 7.86. The molecule has 2 aromatic heterocycles. The van der Waals surface area contributed by atoms with Crippen molar-refractivity contribution in [2.24, 2.45) is 5.92 Å². The summed E-state index contributed by atoms with van der Waals surface area (Å²) >= 11 is 0. The Morgan fingerprint density at radius 3 is 2.51 bits per heavy atom. The van der Waals surface area contributed by atoms with Gasteiger partial charge in [-0.05, 0) is 56.6 Å². The molecule has 2 aliphatic rings. The predicted octanol–water partition coefficient (Wildman–Crippen LogP) is 2.39. The lowest BCUT2D eigenvalue weighted by atomic mass is 9.88. The monoisotopic (exact) mass is 502 g/mol. The molecule has 0 bridgehead atoms. The number of rotatable bonds is 7. The van der Waals surface area contributed by atoms with E-state index in [2.05, 4.69) is 15.1 Å². The summed E-state index contributed by atoms with van der Waals surface area (Å²) in [6.45, 7) is 2.43. The number of piperidine rings is 1. The first kappa shape index (κ1) is 24.2. The normalized spacial score (nSPS) is 19.2. The van der Waals surface area contributed by atoms with Gasteiger partial charge in [-0.2, -0.15) is 21.7 Å². The maximum atomic E-state index is 13.6. The number of nitrogens with zero attached hydrogens (tertiary/aromatic N) is 4. The molecule has 0 radical (unpaired) electrons. The van der Waals surface area contributed by atoms with Gasteiger partial charge >= 0.3 is 0 Å². The fourth-order valence-corrected chi connectivity index (χ4v) is 6.39. The molecule has 0 atom stereocenters. The van der Waals surface area contributed by atoms with Crippen LogP contribution < -0.4 is 5.56 Å². The molecule has 0 spiro atoms. The lowest BCUT2D eigenvalue weighted by Gasteiger charge is -2.32. The number of H-pyrrole nitrogens is 2. The molecule has 2 aliphatic heterocycles. The van der Waals surface area contributed by atoms with E-state index in [1.165, 1.54) is 13.3 Å². The number of fused-ring (bicyclic) bond motifs is 1. The fourth-order valence-electron chi connectivity index (χ4n) is 5.25. The van der Waals surface area contributed by atoms with Crippen LogP contribution in [0.25, 0.3) is 17.0 Å². The van der Waals surface area contributed by atoms with Crippen molar-refractivity contribution in [3.8, 4) is 5.95 Å². The second-order valence-corrected chi connectivity index (χ2v) is 11.9. The second-order valence-electron chi connectivity index (χ2n) is 9.78. The summed E-state index contributed by atoms with van der Waals surface area (Å²) in [6.07, 6.45) is 5.02. The molecule has 35 heavy (non-hydrogen) atoms. The summed E-state index contributed by atoms with van der Waals surface area (Å²) in [7, 11) is -0.326. The Morgan fingerprint density at radius 1 is 1.11 bits per heavy atom. The summed E-state index contributed by atoms with van der Waals surface area (Å²) in [4.78, 5) is 21.5. The van der Waals surface area contributed by atoms with Crippen molar-refractivity contribution in [1.29, 1.82) is 0 Å². The van der Waals surface area contributed by atoms with Crippen LogP contribution in [0.3, 0.4) is 0 Å². The number of hydrogen-bond acceptors (Lipinski definition) is 5. The van der Waals surface area contributed by atoms with E-state index in [0.29, 0.717) is 44.2 Å². The van der Waals surface area contributed by atoms with Crippen LogP contribution in [-0.2, 0) is 21.4 Å². The number of aromatic nitrogens is 4. The predicted molar refractivity (Wildman–Crippen MR) is 134 cm³/mol. The Bertz CT molecular complexity index is 1290. The third kappa shape index (κ3) is 4.82. The van der Waals surface area contributed by atoms with E-state index in [-0.39, 0.29) is 11.5 Å². The fraction of sp³-hybridized carbons (Fsp3) is 0.583. The molecular formula is C24H34N6O4S. The van der Waals surface area contributed by atoms with Gasteiger partial charge in [0.1, 0.15) is 0 Å². The molecule has 5 rings (SSSR count). The van der Waals surface area contributed by atoms with Crippen molar-refractivity contribution in [1.82, 2.24) is 28.4 Å². The Hall–Kier alpha value is -2.47. The van der Waals surface area contributed by atoms with E-state index in [1.807, 2.05) is 24.3 Å². The zero-order valence-corrected chi connectivity index (χ0v) is 21.2. The maximum absolute atomic E-state index is 13.6. The van der Waals surface area contributed by atoms with Crippen LogP contribution in [0.2, 0.25) is 0 Å². The van der Waals surface area contributed by atoms with Crippen LogP contribution in [0.1, 0.15) is 49.3 Å². The quantitative estimate of drug-likeness (QED) is 0.515. The molecule has 2 fully saturated rings. The van der Waals surface area contributed by atoms with Crippen molar-refractivity contribution >= 4 is 21.2 Å². The van der Waals surface area contributed by atoms with E-state index in [9.17, 15) is 13.2 Å². The van der Waals surface area contributed by atoms with Gasteiger partial charge in [0.15, 0.2) is 0 Å². The van der Waals surface area contributed by atoms with Gasteiger partial charge in [-0.1, -0.05) is 12.1 Å². The minimum Gasteiger partial charge on any atom is -0.381 e. The largest absolute Gasteiger partial charge is 0.381 e. The van der Waals surface area contributed by atoms with Gasteiger partial charge in [-0.15, -0.1) is 0 Å².